The monoisotopic (exact) mass is 442 g/mol. The summed E-state index contributed by atoms with van der Waals surface area (Å²) in [6.07, 6.45) is 1.03. The number of carbonyl (C=O) groups excluding carboxylic acids is 2. The Hall–Kier alpha value is -3.06. The van der Waals surface area contributed by atoms with Crippen LogP contribution in [0.25, 0.3) is 0 Å². The molecule has 2 N–H and O–H groups in total. The molecule has 7 nitrogen and oxygen atoms in total. The molecule has 0 aliphatic rings. The van der Waals surface area contributed by atoms with Gasteiger partial charge in [0, 0.05) is 23.8 Å². The van der Waals surface area contributed by atoms with Crippen molar-refractivity contribution in [2.45, 2.75) is 60.5 Å². The number of hydrogen-bond donors (Lipinski definition) is 2. The lowest BCUT2D eigenvalue weighted by molar-refractivity contribution is -0.152. The van der Waals surface area contributed by atoms with Gasteiger partial charge < -0.3 is 19.9 Å². The predicted molar refractivity (Wildman–Crippen MR) is 125 cm³/mol. The fourth-order valence-electron chi connectivity index (χ4n) is 3.46. The van der Waals surface area contributed by atoms with E-state index in [2.05, 4.69) is 31.0 Å². The fraction of sp³-hybridized carbons (Fsp3) is 0.440. The van der Waals surface area contributed by atoms with Gasteiger partial charge in [-0.25, -0.2) is 4.79 Å². The molecule has 2 rings (SSSR count). The quantitative estimate of drug-likeness (QED) is 0.423. The van der Waals surface area contributed by atoms with Crippen LogP contribution in [0.3, 0.4) is 0 Å². The third-order valence-electron chi connectivity index (χ3n) is 5.06. The highest BCUT2D eigenvalue weighted by atomic mass is 16.5. The first kappa shape index (κ1) is 25.2. The van der Waals surface area contributed by atoms with Crippen molar-refractivity contribution in [3.8, 4) is 17.2 Å². The highest BCUT2D eigenvalue weighted by molar-refractivity contribution is 6.37. The molecule has 0 unspecified atom stereocenters. The zero-order chi connectivity index (χ0) is 23.8. The van der Waals surface area contributed by atoms with Crippen LogP contribution in [0.5, 0.6) is 17.2 Å². The Morgan fingerprint density at radius 3 is 2.31 bits per heavy atom. The van der Waals surface area contributed by atoms with Gasteiger partial charge in [0.15, 0.2) is 0 Å². The van der Waals surface area contributed by atoms with E-state index in [4.69, 9.17) is 9.47 Å². The Balaban J connectivity index is 2.22. The number of nitrogens with one attached hydrogen (secondary N) is 1. The Morgan fingerprint density at radius 2 is 1.75 bits per heavy atom. The standard InChI is InChI=1S/C25H34N2O5/c1-7-11-27(16(3)4)15-19-14-21(9-10-22(19)28)32-23-17(5)12-20(13-18(23)6)26-24(29)25(30)31-8-2/h9-10,12-14,16,28H,7-8,11,15H2,1-6H3,(H,26,29). The summed E-state index contributed by atoms with van der Waals surface area (Å²) in [5, 5.41) is 12.9. The van der Waals surface area contributed by atoms with Crippen molar-refractivity contribution < 1.29 is 24.2 Å². The number of aryl methyl sites for hydroxylation is 2. The van der Waals surface area contributed by atoms with Crippen LogP contribution in [0.15, 0.2) is 30.3 Å². The van der Waals surface area contributed by atoms with Crippen molar-refractivity contribution in [2.75, 3.05) is 18.5 Å². The van der Waals surface area contributed by atoms with E-state index < -0.39 is 11.9 Å². The SMILES string of the molecule is CCCN(Cc1cc(Oc2c(C)cc(NC(=O)C(=O)OCC)cc2C)ccc1O)C(C)C. The van der Waals surface area contributed by atoms with Gasteiger partial charge in [-0.05, 0) is 89.0 Å². The van der Waals surface area contributed by atoms with E-state index in [0.717, 1.165) is 29.7 Å². The molecular weight excluding hydrogens is 408 g/mol. The minimum atomic E-state index is -0.918. The summed E-state index contributed by atoms with van der Waals surface area (Å²) in [7, 11) is 0. The van der Waals surface area contributed by atoms with Gasteiger partial charge in [0.25, 0.3) is 0 Å². The molecule has 0 aromatic heterocycles. The van der Waals surface area contributed by atoms with Crippen LogP contribution in [0, 0.1) is 13.8 Å². The van der Waals surface area contributed by atoms with Crippen LogP contribution in [0.2, 0.25) is 0 Å². The Bertz CT molecular complexity index is 932. The molecule has 7 heteroatoms. The second-order valence-corrected chi connectivity index (χ2v) is 8.07. The van der Waals surface area contributed by atoms with Gasteiger partial charge in [-0.1, -0.05) is 6.92 Å². The van der Waals surface area contributed by atoms with E-state index in [-0.39, 0.29) is 12.4 Å². The molecule has 0 saturated carbocycles. The van der Waals surface area contributed by atoms with Crippen molar-refractivity contribution >= 4 is 17.6 Å². The molecule has 0 saturated heterocycles. The first-order chi connectivity index (χ1) is 15.2. The number of amides is 1. The minimum Gasteiger partial charge on any atom is -0.508 e. The molecule has 0 radical (unpaired) electrons. The van der Waals surface area contributed by atoms with Gasteiger partial charge >= 0.3 is 11.9 Å². The van der Waals surface area contributed by atoms with E-state index in [1.165, 1.54) is 0 Å². The number of phenolic OH excluding ortho intramolecular Hbond substituents is 1. The van der Waals surface area contributed by atoms with Crippen molar-refractivity contribution in [3.63, 3.8) is 0 Å². The lowest BCUT2D eigenvalue weighted by atomic mass is 10.1. The number of nitrogens with zero attached hydrogens (tertiary/aromatic N) is 1. The summed E-state index contributed by atoms with van der Waals surface area (Å²) >= 11 is 0. The molecular formula is C25H34N2O5. The number of ether oxygens (including phenoxy) is 2. The Labute approximate surface area is 190 Å². The Kier molecular flexibility index (Phi) is 9.08. The zero-order valence-electron chi connectivity index (χ0n) is 19.8. The second-order valence-electron chi connectivity index (χ2n) is 8.07. The molecule has 174 valence electrons. The molecule has 0 aliphatic carbocycles. The highest BCUT2D eigenvalue weighted by Crippen LogP contribution is 2.34. The van der Waals surface area contributed by atoms with Gasteiger partial charge in [0.1, 0.15) is 17.2 Å². The molecule has 0 aliphatic heterocycles. The van der Waals surface area contributed by atoms with Gasteiger partial charge in [0.05, 0.1) is 6.61 Å². The lowest BCUT2D eigenvalue weighted by Crippen LogP contribution is -2.31. The molecule has 1 amide bonds. The number of carbonyl (C=O) groups is 2. The first-order valence-electron chi connectivity index (χ1n) is 11.0. The number of aromatic hydroxyl groups is 1. The minimum absolute atomic E-state index is 0.138. The molecule has 0 heterocycles. The third kappa shape index (κ3) is 6.72. The number of phenols is 1. The van der Waals surface area contributed by atoms with E-state index >= 15 is 0 Å². The fourth-order valence-corrected chi connectivity index (χ4v) is 3.46. The molecule has 32 heavy (non-hydrogen) atoms. The summed E-state index contributed by atoms with van der Waals surface area (Å²) in [6, 6.07) is 9.07. The van der Waals surface area contributed by atoms with Crippen LogP contribution < -0.4 is 10.1 Å². The van der Waals surface area contributed by atoms with Crippen molar-refractivity contribution in [2.24, 2.45) is 0 Å². The summed E-state index contributed by atoms with van der Waals surface area (Å²) in [5.74, 6) is -0.218. The molecule has 0 fully saturated rings. The average Bonchev–Trinajstić information content (AvgIpc) is 2.72. The van der Waals surface area contributed by atoms with Crippen LogP contribution in [-0.2, 0) is 20.9 Å². The van der Waals surface area contributed by atoms with Gasteiger partial charge in [-0.15, -0.1) is 0 Å². The summed E-state index contributed by atoms with van der Waals surface area (Å²) in [6.45, 7) is 13.5. The third-order valence-corrected chi connectivity index (χ3v) is 5.06. The van der Waals surface area contributed by atoms with E-state index in [1.54, 1.807) is 31.2 Å². The largest absolute Gasteiger partial charge is 0.508 e. The van der Waals surface area contributed by atoms with E-state index in [0.29, 0.717) is 29.8 Å². The van der Waals surface area contributed by atoms with Gasteiger partial charge in [-0.3, -0.25) is 9.69 Å². The molecule has 0 atom stereocenters. The first-order valence-corrected chi connectivity index (χ1v) is 11.0. The number of anilines is 1. The van der Waals surface area contributed by atoms with Crippen LogP contribution >= 0.6 is 0 Å². The van der Waals surface area contributed by atoms with Gasteiger partial charge in [-0.2, -0.15) is 0 Å². The zero-order valence-corrected chi connectivity index (χ0v) is 19.8. The average molecular weight is 443 g/mol. The summed E-state index contributed by atoms with van der Waals surface area (Å²) in [5.41, 5.74) is 2.89. The number of hydrogen-bond acceptors (Lipinski definition) is 6. The Morgan fingerprint density at radius 1 is 1.09 bits per heavy atom. The maximum atomic E-state index is 11.9. The second kappa shape index (κ2) is 11.5. The van der Waals surface area contributed by atoms with Crippen molar-refractivity contribution in [1.29, 1.82) is 0 Å². The molecule has 2 aromatic carbocycles. The lowest BCUT2D eigenvalue weighted by Gasteiger charge is -2.26. The maximum Gasteiger partial charge on any atom is 0.397 e. The number of benzene rings is 2. The predicted octanol–water partition coefficient (Wildman–Crippen LogP) is 4.92. The van der Waals surface area contributed by atoms with Crippen LogP contribution in [0.1, 0.15) is 50.8 Å². The van der Waals surface area contributed by atoms with Crippen LogP contribution in [-0.4, -0.2) is 41.1 Å². The smallest absolute Gasteiger partial charge is 0.397 e. The number of esters is 1. The van der Waals surface area contributed by atoms with Crippen molar-refractivity contribution in [3.05, 3.63) is 47.0 Å². The topological polar surface area (TPSA) is 88.1 Å². The maximum absolute atomic E-state index is 11.9. The van der Waals surface area contributed by atoms with Gasteiger partial charge in [0.2, 0.25) is 0 Å². The summed E-state index contributed by atoms with van der Waals surface area (Å²) in [4.78, 5) is 25.8. The van der Waals surface area contributed by atoms with E-state index in [1.807, 2.05) is 19.9 Å². The summed E-state index contributed by atoms with van der Waals surface area (Å²) < 4.78 is 10.9. The number of rotatable bonds is 9. The molecule has 0 bridgehead atoms. The highest BCUT2D eigenvalue weighted by Gasteiger charge is 2.17. The van der Waals surface area contributed by atoms with E-state index in [9.17, 15) is 14.7 Å². The normalized spacial score (nSPS) is 11.0. The van der Waals surface area contributed by atoms with Crippen molar-refractivity contribution in [1.82, 2.24) is 4.90 Å². The van der Waals surface area contributed by atoms with Crippen LogP contribution in [0.4, 0.5) is 5.69 Å². The molecule has 2 aromatic rings. The molecule has 0 spiro atoms.